The first-order valence-electron chi connectivity index (χ1n) is 11.6. The van der Waals surface area contributed by atoms with Crippen LogP contribution < -0.4 is 11.2 Å². The van der Waals surface area contributed by atoms with E-state index in [0.29, 0.717) is 25.7 Å². The zero-order chi connectivity index (χ0) is 24.9. The Labute approximate surface area is 193 Å². The zero-order valence-electron chi connectivity index (χ0n) is 20.3. The van der Waals surface area contributed by atoms with E-state index < -0.39 is 47.4 Å². The second-order valence-electron chi connectivity index (χ2n) is 9.97. The number of hydrogen-bond donors (Lipinski definition) is 3. The highest BCUT2D eigenvalue weighted by atomic mass is 31.2. The molecule has 4 unspecified atom stereocenters. The Morgan fingerprint density at radius 3 is 2.45 bits per heavy atom. The first-order chi connectivity index (χ1) is 15.2. The summed E-state index contributed by atoms with van der Waals surface area (Å²) in [7, 11) is -4.36. The van der Waals surface area contributed by atoms with Gasteiger partial charge in [-0.3, -0.25) is 18.9 Å². The zero-order valence-corrected chi connectivity index (χ0v) is 21.2. The van der Waals surface area contributed by atoms with Crippen LogP contribution in [0.5, 0.6) is 0 Å². The monoisotopic (exact) mass is 488 g/mol. The largest absolute Gasteiger partial charge is 0.377 e. The summed E-state index contributed by atoms with van der Waals surface area (Å²) in [6, 6.07) is 1.27. The normalized spacial score (nSPS) is 30.5. The molecule has 188 valence electrons. The standard InChI is InChI=1S/C22H37N2O8P/c1-7-20(6,32-33(28,29)21(27,8-2)9-3)14-15-10-12-22(17(15)30-19(4,5)31-22)24-13-11-16(25)23-18(24)26/h11,13,15,17,27H,7-10,12,14H2,1-6H3,(H,28,29)(H,23,25,26)/t15?,17?,20?,22-/m1/s1. The van der Waals surface area contributed by atoms with Crippen molar-refractivity contribution in [1.29, 1.82) is 0 Å². The Morgan fingerprint density at radius 1 is 1.27 bits per heavy atom. The van der Waals surface area contributed by atoms with Gasteiger partial charge in [0.25, 0.3) is 5.56 Å². The summed E-state index contributed by atoms with van der Waals surface area (Å²) in [5.74, 6) is -1.13. The lowest BCUT2D eigenvalue weighted by Gasteiger charge is -2.39. The molecule has 2 heterocycles. The molecule has 0 bridgehead atoms. The number of aromatic nitrogens is 2. The highest BCUT2D eigenvalue weighted by Gasteiger charge is 2.62. The first kappa shape index (κ1) is 26.3. The average molecular weight is 489 g/mol. The third-order valence-corrected chi connectivity index (χ3v) is 9.63. The van der Waals surface area contributed by atoms with Crippen LogP contribution in [-0.2, 0) is 24.3 Å². The molecule has 2 fully saturated rings. The van der Waals surface area contributed by atoms with Gasteiger partial charge in [0.15, 0.2) is 16.9 Å². The van der Waals surface area contributed by atoms with Gasteiger partial charge in [0, 0.05) is 12.3 Å². The Morgan fingerprint density at radius 2 is 1.91 bits per heavy atom. The van der Waals surface area contributed by atoms with Gasteiger partial charge in [-0.15, -0.1) is 0 Å². The molecule has 1 aliphatic carbocycles. The van der Waals surface area contributed by atoms with Crippen LogP contribution in [0.4, 0.5) is 0 Å². The summed E-state index contributed by atoms with van der Waals surface area (Å²) in [5.41, 5.74) is -3.21. The van der Waals surface area contributed by atoms with Crippen LogP contribution >= 0.6 is 7.60 Å². The van der Waals surface area contributed by atoms with E-state index in [1.807, 2.05) is 6.92 Å². The van der Waals surface area contributed by atoms with Gasteiger partial charge in [-0.2, -0.15) is 0 Å². The van der Waals surface area contributed by atoms with Crippen LogP contribution in [0, 0.1) is 5.92 Å². The van der Waals surface area contributed by atoms with Gasteiger partial charge in [-0.05, 0) is 65.2 Å². The van der Waals surface area contributed by atoms with E-state index in [1.54, 1.807) is 34.6 Å². The summed E-state index contributed by atoms with van der Waals surface area (Å²) < 4.78 is 32.8. The molecule has 11 heteroatoms. The van der Waals surface area contributed by atoms with Crippen molar-refractivity contribution in [1.82, 2.24) is 9.55 Å². The van der Waals surface area contributed by atoms with Crippen molar-refractivity contribution in [2.24, 2.45) is 5.92 Å². The number of hydrogen-bond acceptors (Lipinski definition) is 7. The molecule has 2 aliphatic rings. The predicted molar refractivity (Wildman–Crippen MR) is 122 cm³/mol. The van der Waals surface area contributed by atoms with E-state index in [9.17, 15) is 24.2 Å². The van der Waals surface area contributed by atoms with Crippen LogP contribution in [-0.4, -0.2) is 42.4 Å². The molecule has 1 aromatic rings. The van der Waals surface area contributed by atoms with Crippen LogP contribution in [0.25, 0.3) is 0 Å². The quantitative estimate of drug-likeness (QED) is 0.451. The van der Waals surface area contributed by atoms with Crippen molar-refractivity contribution in [3.8, 4) is 0 Å². The third-order valence-electron chi connectivity index (χ3n) is 7.26. The fourth-order valence-electron chi connectivity index (χ4n) is 5.17. The third kappa shape index (κ3) is 4.66. The maximum atomic E-state index is 13.1. The molecule has 1 saturated heterocycles. The minimum atomic E-state index is -4.36. The number of rotatable bonds is 9. The molecular weight excluding hydrogens is 451 g/mol. The van der Waals surface area contributed by atoms with Gasteiger partial charge in [-0.25, -0.2) is 4.79 Å². The van der Waals surface area contributed by atoms with Gasteiger partial charge in [0.2, 0.25) is 0 Å². The smallest absolute Gasteiger partial charge is 0.359 e. The summed E-state index contributed by atoms with van der Waals surface area (Å²) in [5, 5.41) is 8.87. The lowest BCUT2D eigenvalue weighted by atomic mass is 9.87. The molecule has 3 rings (SSSR count). The number of nitrogens with one attached hydrogen (secondary N) is 1. The molecule has 0 radical (unpaired) electrons. The lowest BCUT2D eigenvalue weighted by Crippen LogP contribution is -2.49. The lowest BCUT2D eigenvalue weighted by molar-refractivity contribution is -0.189. The van der Waals surface area contributed by atoms with Crippen LogP contribution in [0.3, 0.4) is 0 Å². The van der Waals surface area contributed by atoms with E-state index in [2.05, 4.69) is 4.98 Å². The molecule has 1 aromatic heterocycles. The van der Waals surface area contributed by atoms with Crippen LogP contribution in [0.2, 0.25) is 0 Å². The maximum Gasteiger partial charge on any atom is 0.359 e. The first-order valence-corrected chi connectivity index (χ1v) is 13.2. The minimum absolute atomic E-state index is 0.0898. The fourth-order valence-corrected chi connectivity index (χ4v) is 6.94. The topological polar surface area (TPSA) is 140 Å². The van der Waals surface area contributed by atoms with E-state index in [4.69, 9.17) is 14.0 Å². The van der Waals surface area contributed by atoms with Crippen LogP contribution in [0.1, 0.15) is 80.1 Å². The van der Waals surface area contributed by atoms with Crippen molar-refractivity contribution in [2.45, 2.75) is 109 Å². The molecule has 5 atom stereocenters. The van der Waals surface area contributed by atoms with Crippen molar-refractivity contribution in [3.05, 3.63) is 33.1 Å². The molecule has 1 saturated carbocycles. The molecular formula is C22H37N2O8P. The second kappa shape index (κ2) is 8.73. The highest BCUT2D eigenvalue weighted by Crippen LogP contribution is 2.61. The number of nitrogens with zero attached hydrogens (tertiary/aromatic N) is 1. The molecule has 1 aliphatic heterocycles. The van der Waals surface area contributed by atoms with Gasteiger partial charge in [0.05, 0.1) is 5.60 Å². The number of fused-ring (bicyclic) bond motifs is 1. The maximum absolute atomic E-state index is 13.1. The number of ether oxygens (including phenoxy) is 2. The number of aliphatic hydroxyl groups is 1. The number of aromatic amines is 1. The van der Waals surface area contributed by atoms with E-state index in [0.717, 1.165) is 0 Å². The van der Waals surface area contributed by atoms with Crippen molar-refractivity contribution in [3.63, 3.8) is 0 Å². The Balaban J connectivity index is 1.93. The molecule has 0 spiro atoms. The Hall–Kier alpha value is -1.29. The predicted octanol–water partition coefficient (Wildman–Crippen LogP) is 3.02. The van der Waals surface area contributed by atoms with E-state index in [1.165, 1.54) is 16.8 Å². The molecule has 10 nitrogen and oxygen atoms in total. The molecule has 33 heavy (non-hydrogen) atoms. The van der Waals surface area contributed by atoms with Crippen molar-refractivity contribution >= 4 is 7.60 Å². The fraction of sp³-hybridized carbons (Fsp3) is 0.818. The van der Waals surface area contributed by atoms with Crippen LogP contribution in [0.15, 0.2) is 21.9 Å². The second-order valence-corrected chi connectivity index (χ2v) is 12.0. The highest BCUT2D eigenvalue weighted by molar-refractivity contribution is 7.54. The van der Waals surface area contributed by atoms with Gasteiger partial charge < -0.3 is 24.0 Å². The van der Waals surface area contributed by atoms with E-state index >= 15 is 0 Å². The Bertz CT molecular complexity index is 1030. The Kier molecular flexibility index (Phi) is 6.97. The SMILES string of the molecule is CCC(C)(CC1CC[C@@]2(n3ccc(=O)[nH]c3=O)OC(C)(C)OC12)OP(=O)(O)C(O)(CC)CC. The van der Waals surface area contributed by atoms with E-state index in [-0.39, 0.29) is 18.8 Å². The average Bonchev–Trinajstić information content (AvgIpc) is 3.17. The van der Waals surface area contributed by atoms with Gasteiger partial charge in [-0.1, -0.05) is 20.8 Å². The minimum Gasteiger partial charge on any atom is -0.377 e. The van der Waals surface area contributed by atoms with Gasteiger partial charge >= 0.3 is 13.3 Å². The van der Waals surface area contributed by atoms with Crippen molar-refractivity contribution in [2.75, 3.05) is 0 Å². The summed E-state index contributed by atoms with van der Waals surface area (Å²) in [6.45, 7) is 10.5. The molecule has 0 amide bonds. The molecule has 3 N–H and O–H groups in total. The van der Waals surface area contributed by atoms with Crippen molar-refractivity contribution < 1.29 is 28.6 Å². The summed E-state index contributed by atoms with van der Waals surface area (Å²) in [6.07, 6.45) is 2.93. The summed E-state index contributed by atoms with van der Waals surface area (Å²) >= 11 is 0. The number of H-pyrrole nitrogens is 1. The molecule has 0 aromatic carbocycles. The van der Waals surface area contributed by atoms with Gasteiger partial charge in [0.1, 0.15) is 6.10 Å². The summed E-state index contributed by atoms with van der Waals surface area (Å²) in [4.78, 5) is 37.2.